The molecule has 4 aromatic rings. The molecule has 0 saturated carbocycles. The predicted molar refractivity (Wildman–Crippen MR) is 94.0 cm³/mol. The van der Waals surface area contributed by atoms with Crippen molar-refractivity contribution in [2.75, 3.05) is 0 Å². The van der Waals surface area contributed by atoms with Crippen LogP contribution in [-0.4, -0.2) is 15.0 Å². The summed E-state index contributed by atoms with van der Waals surface area (Å²) in [5.41, 5.74) is 5.15. The number of fused-ring (bicyclic) bond motifs is 3. The van der Waals surface area contributed by atoms with Crippen LogP contribution < -0.4 is 5.56 Å². The molecule has 4 rings (SSSR count). The Morgan fingerprint density at radius 3 is 2.78 bits per heavy atom. The van der Waals surface area contributed by atoms with E-state index in [0.29, 0.717) is 11.4 Å². The number of H-pyrrole nitrogens is 2. The molecule has 0 amide bonds. The van der Waals surface area contributed by atoms with E-state index >= 15 is 0 Å². The second kappa shape index (κ2) is 5.25. The summed E-state index contributed by atoms with van der Waals surface area (Å²) in [4.78, 5) is 23.2. The van der Waals surface area contributed by atoms with Gasteiger partial charge in [0.15, 0.2) is 0 Å². The highest BCUT2D eigenvalue weighted by Gasteiger charge is 2.17. The van der Waals surface area contributed by atoms with Gasteiger partial charge in [-0.1, -0.05) is 24.6 Å². The second-order valence-corrected chi connectivity index (χ2v) is 5.90. The summed E-state index contributed by atoms with van der Waals surface area (Å²) in [6.07, 6.45) is 4.15. The Hall–Kier alpha value is -2.59. The third-order valence-electron chi connectivity index (χ3n) is 4.13. The van der Waals surface area contributed by atoms with Crippen molar-refractivity contribution in [1.29, 1.82) is 0 Å². The van der Waals surface area contributed by atoms with E-state index in [0.717, 1.165) is 38.6 Å². The van der Waals surface area contributed by atoms with E-state index in [4.69, 9.17) is 11.6 Å². The summed E-state index contributed by atoms with van der Waals surface area (Å²) in [7, 11) is 0. The van der Waals surface area contributed by atoms with Gasteiger partial charge in [-0.2, -0.15) is 0 Å². The summed E-state index contributed by atoms with van der Waals surface area (Å²) in [6.45, 7) is 1.98. The van der Waals surface area contributed by atoms with Crippen molar-refractivity contribution in [2.24, 2.45) is 0 Å². The number of rotatable bonds is 2. The Morgan fingerprint density at radius 2 is 2.04 bits per heavy atom. The molecular weight excluding hydrogens is 310 g/mol. The van der Waals surface area contributed by atoms with E-state index in [1.807, 2.05) is 37.3 Å². The van der Waals surface area contributed by atoms with Crippen molar-refractivity contribution >= 4 is 33.5 Å². The minimum Gasteiger partial charge on any atom is -0.353 e. The van der Waals surface area contributed by atoms with Crippen LogP contribution in [0.1, 0.15) is 12.5 Å². The van der Waals surface area contributed by atoms with Crippen LogP contribution in [0.3, 0.4) is 0 Å². The summed E-state index contributed by atoms with van der Waals surface area (Å²) < 4.78 is 0. The maximum Gasteiger partial charge on any atom is 0.252 e. The van der Waals surface area contributed by atoms with E-state index in [2.05, 4.69) is 15.0 Å². The van der Waals surface area contributed by atoms with Crippen LogP contribution in [0.2, 0.25) is 5.02 Å². The van der Waals surface area contributed by atoms with E-state index in [9.17, 15) is 4.79 Å². The smallest absolute Gasteiger partial charge is 0.252 e. The molecule has 4 nitrogen and oxygen atoms in total. The molecular formula is C18H14ClN3O. The molecule has 23 heavy (non-hydrogen) atoms. The van der Waals surface area contributed by atoms with E-state index < -0.39 is 0 Å². The van der Waals surface area contributed by atoms with Crippen LogP contribution in [0, 0.1) is 0 Å². The Kier molecular flexibility index (Phi) is 3.20. The molecule has 0 radical (unpaired) electrons. The predicted octanol–water partition coefficient (Wildman–Crippen LogP) is 4.29. The molecule has 0 unspecified atom stereocenters. The van der Waals surface area contributed by atoms with Gasteiger partial charge in [-0.05, 0) is 30.7 Å². The molecule has 5 heteroatoms. The van der Waals surface area contributed by atoms with E-state index in [-0.39, 0.29) is 5.56 Å². The largest absolute Gasteiger partial charge is 0.353 e. The van der Waals surface area contributed by atoms with Gasteiger partial charge in [-0.15, -0.1) is 0 Å². The maximum atomic E-state index is 12.6. The molecule has 0 spiro atoms. The number of aromatic amines is 2. The van der Waals surface area contributed by atoms with Crippen molar-refractivity contribution in [3.05, 3.63) is 63.7 Å². The summed E-state index contributed by atoms with van der Waals surface area (Å²) in [6, 6.07) is 9.47. The van der Waals surface area contributed by atoms with Crippen molar-refractivity contribution in [3.63, 3.8) is 0 Å². The molecule has 0 atom stereocenters. The Bertz CT molecular complexity index is 1080. The van der Waals surface area contributed by atoms with Gasteiger partial charge in [0.1, 0.15) is 0 Å². The maximum absolute atomic E-state index is 12.6. The molecule has 3 aromatic heterocycles. The summed E-state index contributed by atoms with van der Waals surface area (Å²) in [5.74, 6) is 0. The van der Waals surface area contributed by atoms with Gasteiger partial charge in [-0.25, -0.2) is 0 Å². The van der Waals surface area contributed by atoms with Gasteiger partial charge < -0.3 is 9.97 Å². The van der Waals surface area contributed by atoms with Crippen molar-refractivity contribution in [1.82, 2.24) is 15.0 Å². The number of hydrogen-bond acceptors (Lipinski definition) is 2. The van der Waals surface area contributed by atoms with Crippen LogP contribution in [0.25, 0.3) is 33.1 Å². The van der Waals surface area contributed by atoms with E-state index in [1.165, 1.54) is 0 Å². The molecule has 1 aromatic carbocycles. The number of halogens is 1. The highest BCUT2D eigenvalue weighted by atomic mass is 35.5. The number of pyridine rings is 2. The molecule has 3 heterocycles. The number of nitrogens with one attached hydrogen (secondary N) is 2. The monoisotopic (exact) mass is 323 g/mol. The molecule has 0 aliphatic rings. The lowest BCUT2D eigenvalue weighted by Crippen LogP contribution is -2.13. The zero-order valence-corrected chi connectivity index (χ0v) is 13.2. The highest BCUT2D eigenvalue weighted by molar-refractivity contribution is 6.31. The molecule has 0 fully saturated rings. The Balaban J connectivity index is 2.22. The summed E-state index contributed by atoms with van der Waals surface area (Å²) in [5, 5.41) is 1.55. The average molecular weight is 324 g/mol. The third-order valence-corrected chi connectivity index (χ3v) is 4.36. The first-order valence-corrected chi connectivity index (χ1v) is 7.83. The van der Waals surface area contributed by atoms with Crippen LogP contribution >= 0.6 is 11.6 Å². The quantitative estimate of drug-likeness (QED) is 0.578. The molecule has 114 valence electrons. The van der Waals surface area contributed by atoms with Gasteiger partial charge in [0.05, 0.1) is 11.0 Å². The molecule has 0 aliphatic heterocycles. The van der Waals surface area contributed by atoms with Crippen molar-refractivity contribution in [3.8, 4) is 11.1 Å². The number of benzene rings is 1. The van der Waals surface area contributed by atoms with Gasteiger partial charge in [0, 0.05) is 45.0 Å². The van der Waals surface area contributed by atoms with Crippen LogP contribution in [0.15, 0.2) is 47.5 Å². The van der Waals surface area contributed by atoms with Gasteiger partial charge >= 0.3 is 0 Å². The standard InChI is InChI=1S/C18H14ClN3O/c1-2-12-15(10-4-3-7-20-9-10)17-16(22-18(12)23)13-8-11(19)5-6-14(13)21-17/h3-9,21H,2H2,1H3,(H,22,23). The highest BCUT2D eigenvalue weighted by Crippen LogP contribution is 2.33. The normalized spacial score (nSPS) is 11.4. The third kappa shape index (κ3) is 2.14. The number of aromatic nitrogens is 3. The topological polar surface area (TPSA) is 61.5 Å². The lowest BCUT2D eigenvalue weighted by Gasteiger charge is -2.08. The lowest BCUT2D eigenvalue weighted by molar-refractivity contribution is 1.08. The Labute approximate surface area is 137 Å². The minimum absolute atomic E-state index is 0.0697. The van der Waals surface area contributed by atoms with E-state index in [1.54, 1.807) is 12.4 Å². The zero-order valence-electron chi connectivity index (χ0n) is 12.5. The van der Waals surface area contributed by atoms with Crippen LogP contribution in [-0.2, 0) is 6.42 Å². The fourth-order valence-corrected chi connectivity index (χ4v) is 3.27. The molecule has 0 saturated heterocycles. The SMILES string of the molecule is CCc1c(-c2cccnc2)c2[nH]c3ccc(Cl)cc3c2[nH]c1=O. The second-order valence-electron chi connectivity index (χ2n) is 5.47. The van der Waals surface area contributed by atoms with Crippen molar-refractivity contribution in [2.45, 2.75) is 13.3 Å². The molecule has 0 aliphatic carbocycles. The van der Waals surface area contributed by atoms with Crippen LogP contribution in [0.5, 0.6) is 0 Å². The fraction of sp³-hybridized carbons (Fsp3) is 0.111. The first-order chi connectivity index (χ1) is 11.2. The van der Waals surface area contributed by atoms with Gasteiger partial charge in [-0.3, -0.25) is 9.78 Å². The summed E-state index contributed by atoms with van der Waals surface area (Å²) >= 11 is 6.12. The first-order valence-electron chi connectivity index (χ1n) is 7.45. The Morgan fingerprint density at radius 1 is 1.17 bits per heavy atom. The first kappa shape index (κ1) is 14.0. The average Bonchev–Trinajstić information content (AvgIpc) is 2.92. The zero-order chi connectivity index (χ0) is 16.0. The van der Waals surface area contributed by atoms with Crippen LogP contribution in [0.4, 0.5) is 0 Å². The number of hydrogen-bond donors (Lipinski definition) is 2. The fourth-order valence-electron chi connectivity index (χ4n) is 3.10. The van der Waals surface area contributed by atoms with Crippen molar-refractivity contribution < 1.29 is 0 Å². The molecule has 2 N–H and O–H groups in total. The lowest BCUT2D eigenvalue weighted by atomic mass is 9.99. The minimum atomic E-state index is -0.0697. The van der Waals surface area contributed by atoms with Gasteiger partial charge in [0.2, 0.25) is 0 Å². The van der Waals surface area contributed by atoms with Gasteiger partial charge in [0.25, 0.3) is 5.56 Å². The molecule has 0 bridgehead atoms. The number of nitrogens with zero attached hydrogens (tertiary/aromatic N) is 1.